The minimum atomic E-state index is -0.365. The van der Waals surface area contributed by atoms with Crippen molar-refractivity contribution in [1.82, 2.24) is 24.6 Å². The van der Waals surface area contributed by atoms with E-state index >= 15 is 0 Å². The molecule has 2 atom stereocenters. The van der Waals surface area contributed by atoms with E-state index in [9.17, 15) is 4.79 Å². The molecule has 2 aromatic rings. The number of amides is 1. The molecule has 4 heterocycles. The Morgan fingerprint density at radius 1 is 1.27 bits per heavy atom. The molecule has 0 radical (unpaired) electrons. The van der Waals surface area contributed by atoms with E-state index in [-0.39, 0.29) is 11.3 Å². The molecule has 7 nitrogen and oxygen atoms in total. The number of piperidine rings is 1. The lowest BCUT2D eigenvalue weighted by Crippen LogP contribution is -2.52. The topological polar surface area (TPSA) is 63.5 Å². The number of aromatic nitrogens is 3. The first kappa shape index (κ1) is 19.5. The quantitative estimate of drug-likeness (QED) is 0.733. The number of pyridine rings is 1. The normalized spacial score (nSPS) is 27.2. The highest BCUT2D eigenvalue weighted by molar-refractivity contribution is 5.85. The minimum absolute atomic E-state index is 0.155. The lowest BCUT2D eigenvalue weighted by molar-refractivity contribution is -0.147. The van der Waals surface area contributed by atoms with Crippen LogP contribution in [0.25, 0.3) is 0 Å². The molecule has 3 fully saturated rings. The van der Waals surface area contributed by atoms with Crippen molar-refractivity contribution in [3.05, 3.63) is 41.9 Å². The van der Waals surface area contributed by atoms with Crippen LogP contribution < -0.4 is 4.74 Å². The summed E-state index contributed by atoms with van der Waals surface area (Å²) in [5.74, 6) is 1.90. The van der Waals surface area contributed by atoms with Gasteiger partial charge in [-0.3, -0.25) is 14.4 Å². The molecule has 0 N–H and O–H groups in total. The maximum atomic E-state index is 13.9. The van der Waals surface area contributed by atoms with Crippen molar-refractivity contribution in [3.8, 4) is 5.88 Å². The van der Waals surface area contributed by atoms with E-state index in [1.165, 1.54) is 12.8 Å². The van der Waals surface area contributed by atoms with Crippen molar-refractivity contribution >= 4 is 5.91 Å². The molecule has 7 heteroatoms. The van der Waals surface area contributed by atoms with Gasteiger partial charge in [0.05, 0.1) is 12.5 Å². The summed E-state index contributed by atoms with van der Waals surface area (Å²) in [6.45, 7) is 4.21. The zero-order valence-electron chi connectivity index (χ0n) is 18.0. The highest BCUT2D eigenvalue weighted by atomic mass is 16.5. The Morgan fingerprint density at radius 2 is 2.13 bits per heavy atom. The summed E-state index contributed by atoms with van der Waals surface area (Å²) < 4.78 is 7.42. The highest BCUT2D eigenvalue weighted by Gasteiger charge is 2.56. The fourth-order valence-electron chi connectivity index (χ4n) is 5.56. The molecule has 0 bridgehead atoms. The smallest absolute Gasteiger partial charge is 0.230 e. The maximum Gasteiger partial charge on any atom is 0.230 e. The van der Waals surface area contributed by atoms with Crippen molar-refractivity contribution in [2.24, 2.45) is 18.4 Å². The van der Waals surface area contributed by atoms with E-state index in [1.54, 1.807) is 13.3 Å². The predicted octanol–water partition coefficient (Wildman–Crippen LogP) is 2.44. The summed E-state index contributed by atoms with van der Waals surface area (Å²) in [7, 11) is 3.65. The number of hydrogen-bond acceptors (Lipinski definition) is 5. The lowest BCUT2D eigenvalue weighted by atomic mass is 9.70. The van der Waals surface area contributed by atoms with E-state index in [0.717, 1.165) is 62.7 Å². The van der Waals surface area contributed by atoms with Crippen LogP contribution >= 0.6 is 0 Å². The van der Waals surface area contributed by atoms with Crippen molar-refractivity contribution in [1.29, 1.82) is 0 Å². The average molecular weight is 410 g/mol. The third kappa shape index (κ3) is 3.39. The summed E-state index contributed by atoms with van der Waals surface area (Å²) in [5.41, 5.74) is 1.87. The van der Waals surface area contributed by atoms with Crippen LogP contribution in [0.3, 0.4) is 0 Å². The second-order valence-corrected chi connectivity index (χ2v) is 9.23. The van der Waals surface area contributed by atoms with Crippen LogP contribution in [0.4, 0.5) is 0 Å². The number of rotatable bonds is 6. The number of hydrogen-bond donors (Lipinski definition) is 0. The fourth-order valence-corrected chi connectivity index (χ4v) is 5.56. The van der Waals surface area contributed by atoms with Crippen LogP contribution in [0.15, 0.2) is 30.6 Å². The number of methoxy groups -OCH3 is 1. The van der Waals surface area contributed by atoms with Crippen LogP contribution in [0.2, 0.25) is 0 Å². The van der Waals surface area contributed by atoms with Gasteiger partial charge in [0.2, 0.25) is 11.8 Å². The van der Waals surface area contributed by atoms with Gasteiger partial charge in [-0.1, -0.05) is 6.07 Å². The Balaban J connectivity index is 1.46. The van der Waals surface area contributed by atoms with Crippen LogP contribution in [-0.4, -0.2) is 63.8 Å². The molecule has 3 aliphatic rings. The van der Waals surface area contributed by atoms with Gasteiger partial charge in [0, 0.05) is 69.3 Å². The van der Waals surface area contributed by atoms with Crippen molar-refractivity contribution < 1.29 is 9.53 Å². The molecule has 2 aromatic heterocycles. The summed E-state index contributed by atoms with van der Waals surface area (Å²) in [4.78, 5) is 22.8. The molecule has 160 valence electrons. The maximum absolute atomic E-state index is 13.9. The van der Waals surface area contributed by atoms with Crippen molar-refractivity contribution in [3.63, 3.8) is 0 Å². The van der Waals surface area contributed by atoms with Crippen LogP contribution in [0.1, 0.15) is 42.9 Å². The van der Waals surface area contributed by atoms with Crippen LogP contribution in [0.5, 0.6) is 5.88 Å². The van der Waals surface area contributed by atoms with Gasteiger partial charge in [-0.05, 0) is 43.7 Å². The van der Waals surface area contributed by atoms with Gasteiger partial charge in [0.15, 0.2) is 0 Å². The number of likely N-dealkylation sites (tertiary alicyclic amines) is 2. The lowest BCUT2D eigenvalue weighted by Gasteiger charge is -2.42. The molecule has 1 amide bonds. The molecule has 0 aromatic carbocycles. The number of carbonyl (C=O) groups excluding carboxylic acids is 1. The first-order valence-electron chi connectivity index (χ1n) is 11.1. The first-order chi connectivity index (χ1) is 14.6. The van der Waals surface area contributed by atoms with Gasteiger partial charge in [-0.15, -0.1) is 0 Å². The van der Waals surface area contributed by atoms with E-state index < -0.39 is 0 Å². The number of nitrogens with zero attached hydrogens (tertiary/aromatic N) is 5. The molecule has 2 aliphatic heterocycles. The second-order valence-electron chi connectivity index (χ2n) is 9.23. The Morgan fingerprint density at radius 3 is 2.87 bits per heavy atom. The summed E-state index contributed by atoms with van der Waals surface area (Å²) in [6, 6.07) is 6.11. The van der Waals surface area contributed by atoms with Crippen molar-refractivity contribution in [2.45, 2.75) is 38.1 Å². The largest absolute Gasteiger partial charge is 0.481 e. The molecular formula is C23H31N5O2. The van der Waals surface area contributed by atoms with Gasteiger partial charge in [-0.2, -0.15) is 5.10 Å². The Labute approximate surface area is 178 Å². The van der Waals surface area contributed by atoms with E-state index in [0.29, 0.717) is 11.8 Å². The van der Waals surface area contributed by atoms with E-state index in [4.69, 9.17) is 4.74 Å². The van der Waals surface area contributed by atoms with Gasteiger partial charge in [-0.25, -0.2) is 4.98 Å². The average Bonchev–Trinajstić information content (AvgIpc) is 3.36. The Bertz CT molecular complexity index is 924. The molecular weight excluding hydrogens is 378 g/mol. The van der Waals surface area contributed by atoms with Gasteiger partial charge in [0.25, 0.3) is 0 Å². The molecule has 1 saturated carbocycles. The SMILES string of the molecule is COc1ncccc1CN1C[C@@H](c2ccnn2C)[C@@]2(CCCN(CC3CC3)C2=O)C1. The summed E-state index contributed by atoms with van der Waals surface area (Å²) in [6.07, 6.45) is 8.18. The first-order valence-corrected chi connectivity index (χ1v) is 11.1. The summed E-state index contributed by atoms with van der Waals surface area (Å²) >= 11 is 0. The van der Waals surface area contributed by atoms with Crippen LogP contribution in [0, 0.1) is 11.3 Å². The third-order valence-electron chi connectivity index (χ3n) is 7.21. The fraction of sp³-hybridized carbons (Fsp3) is 0.609. The number of ether oxygens (including phenoxy) is 1. The highest BCUT2D eigenvalue weighted by Crippen LogP contribution is 2.50. The van der Waals surface area contributed by atoms with E-state index in [1.807, 2.05) is 24.0 Å². The molecule has 30 heavy (non-hydrogen) atoms. The molecule has 0 unspecified atom stereocenters. The van der Waals surface area contributed by atoms with E-state index in [2.05, 4.69) is 32.0 Å². The summed E-state index contributed by atoms with van der Waals surface area (Å²) in [5, 5.41) is 4.42. The Kier molecular flexibility index (Phi) is 5.01. The number of carbonyl (C=O) groups is 1. The minimum Gasteiger partial charge on any atom is -0.481 e. The standard InChI is InChI=1S/C23H31N5O2/c1-26-20(8-11-25-26)19-15-27(14-18-5-3-10-24-21(18)30-2)16-23(19)9-4-12-28(22(23)29)13-17-6-7-17/h3,5,8,10-11,17,19H,4,6-7,9,12-16H2,1-2H3/t19-,23+/m0/s1. The van der Waals surface area contributed by atoms with Gasteiger partial charge >= 0.3 is 0 Å². The monoisotopic (exact) mass is 409 g/mol. The molecule has 5 rings (SSSR count). The number of aryl methyl sites for hydroxylation is 1. The zero-order chi connectivity index (χ0) is 20.7. The third-order valence-corrected chi connectivity index (χ3v) is 7.21. The van der Waals surface area contributed by atoms with Crippen molar-refractivity contribution in [2.75, 3.05) is 33.3 Å². The molecule has 1 aliphatic carbocycles. The van der Waals surface area contributed by atoms with Gasteiger partial charge in [0.1, 0.15) is 0 Å². The molecule has 2 saturated heterocycles. The van der Waals surface area contributed by atoms with Crippen LogP contribution in [-0.2, 0) is 18.4 Å². The second kappa shape index (κ2) is 7.69. The van der Waals surface area contributed by atoms with Gasteiger partial charge < -0.3 is 9.64 Å². The zero-order valence-corrected chi connectivity index (χ0v) is 18.0. The Hall–Kier alpha value is -2.41. The predicted molar refractivity (Wildman–Crippen MR) is 113 cm³/mol. The molecule has 1 spiro atoms.